The number of halogens is 1. The third kappa shape index (κ3) is 2.74. The minimum Gasteiger partial charge on any atom is -0.386 e. The molecule has 1 atom stereocenters. The highest BCUT2D eigenvalue weighted by atomic mass is 79.9. The molecule has 0 saturated carbocycles. The highest BCUT2D eigenvalue weighted by molar-refractivity contribution is 9.10. The number of hydrogen-bond acceptors (Lipinski definition) is 4. The number of aliphatic hydroxyl groups excluding tert-OH is 1. The Morgan fingerprint density at radius 3 is 2.83 bits per heavy atom. The van der Waals surface area contributed by atoms with E-state index < -0.39 is 11.0 Å². The van der Waals surface area contributed by atoms with Crippen LogP contribution in [0.1, 0.15) is 11.7 Å². The third-order valence-corrected chi connectivity index (χ3v) is 3.18. The summed E-state index contributed by atoms with van der Waals surface area (Å²) in [6.07, 6.45) is 1.67. The minimum absolute atomic E-state index is 0.0886. The first kappa shape index (κ1) is 12.7. The lowest BCUT2D eigenvalue weighted by Crippen LogP contribution is -2.09. The van der Waals surface area contributed by atoms with Gasteiger partial charge >= 0.3 is 5.69 Å². The SMILES string of the molecule is O=[N+]([O-])c1cnn(CC(O)c2ccccc2Br)c1. The summed E-state index contributed by atoms with van der Waals surface area (Å²) < 4.78 is 2.14. The molecule has 0 spiro atoms. The molecule has 1 aromatic carbocycles. The van der Waals surface area contributed by atoms with Gasteiger partial charge in [-0.05, 0) is 11.6 Å². The average Bonchev–Trinajstić information content (AvgIpc) is 2.78. The van der Waals surface area contributed by atoms with Crippen molar-refractivity contribution in [2.24, 2.45) is 0 Å². The number of nitrogens with zero attached hydrogens (tertiary/aromatic N) is 3. The van der Waals surface area contributed by atoms with Crippen molar-refractivity contribution >= 4 is 21.6 Å². The summed E-state index contributed by atoms with van der Waals surface area (Å²) >= 11 is 3.34. The fourth-order valence-electron chi connectivity index (χ4n) is 1.57. The summed E-state index contributed by atoms with van der Waals surface area (Å²) in [5.74, 6) is 0. The van der Waals surface area contributed by atoms with Crippen molar-refractivity contribution in [3.05, 3.63) is 56.8 Å². The summed E-state index contributed by atoms with van der Waals surface area (Å²) in [7, 11) is 0. The maximum Gasteiger partial charge on any atom is 0.306 e. The van der Waals surface area contributed by atoms with E-state index >= 15 is 0 Å². The molecule has 18 heavy (non-hydrogen) atoms. The van der Waals surface area contributed by atoms with Crippen LogP contribution in [0.4, 0.5) is 5.69 Å². The molecule has 2 rings (SSSR count). The largest absolute Gasteiger partial charge is 0.386 e. The Hall–Kier alpha value is -1.73. The van der Waals surface area contributed by atoms with Crippen molar-refractivity contribution in [3.8, 4) is 0 Å². The first-order chi connectivity index (χ1) is 8.58. The molecular weight excluding hydrogens is 302 g/mol. The molecule has 0 aliphatic rings. The highest BCUT2D eigenvalue weighted by Crippen LogP contribution is 2.24. The van der Waals surface area contributed by atoms with E-state index in [0.29, 0.717) is 0 Å². The average molecular weight is 312 g/mol. The molecule has 2 aromatic rings. The van der Waals surface area contributed by atoms with E-state index in [9.17, 15) is 15.2 Å². The van der Waals surface area contributed by atoms with Gasteiger partial charge in [0, 0.05) is 4.47 Å². The molecule has 1 N–H and O–H groups in total. The molecule has 7 heteroatoms. The van der Waals surface area contributed by atoms with Crippen molar-refractivity contribution in [2.45, 2.75) is 12.6 Å². The molecule has 1 heterocycles. The van der Waals surface area contributed by atoms with Gasteiger partial charge in [0.15, 0.2) is 0 Å². The van der Waals surface area contributed by atoms with Crippen LogP contribution in [0, 0.1) is 10.1 Å². The lowest BCUT2D eigenvalue weighted by molar-refractivity contribution is -0.385. The van der Waals surface area contributed by atoms with Gasteiger partial charge in [0.25, 0.3) is 0 Å². The Morgan fingerprint density at radius 2 is 2.22 bits per heavy atom. The van der Waals surface area contributed by atoms with Gasteiger partial charge in [-0.3, -0.25) is 14.8 Å². The summed E-state index contributed by atoms with van der Waals surface area (Å²) in [5, 5.41) is 24.4. The summed E-state index contributed by atoms with van der Waals surface area (Å²) in [4.78, 5) is 9.99. The number of benzene rings is 1. The van der Waals surface area contributed by atoms with Crippen LogP contribution in [0.25, 0.3) is 0 Å². The molecule has 0 bridgehead atoms. The van der Waals surface area contributed by atoms with Crippen molar-refractivity contribution in [1.29, 1.82) is 0 Å². The summed E-state index contributed by atoms with van der Waals surface area (Å²) in [5.41, 5.74) is 0.630. The maximum absolute atomic E-state index is 10.5. The topological polar surface area (TPSA) is 81.2 Å². The van der Waals surface area contributed by atoms with Gasteiger partial charge in [-0.15, -0.1) is 0 Å². The fourth-order valence-corrected chi connectivity index (χ4v) is 2.12. The van der Waals surface area contributed by atoms with E-state index in [-0.39, 0.29) is 12.2 Å². The Kier molecular flexibility index (Phi) is 3.73. The van der Waals surface area contributed by atoms with E-state index in [0.717, 1.165) is 16.2 Å². The highest BCUT2D eigenvalue weighted by Gasteiger charge is 2.14. The first-order valence-corrected chi connectivity index (χ1v) is 5.96. The molecular formula is C11H10BrN3O3. The zero-order chi connectivity index (χ0) is 13.1. The third-order valence-electron chi connectivity index (χ3n) is 2.45. The van der Waals surface area contributed by atoms with Crippen LogP contribution in [0.15, 0.2) is 41.1 Å². The van der Waals surface area contributed by atoms with Gasteiger partial charge < -0.3 is 5.11 Å². The van der Waals surface area contributed by atoms with Gasteiger partial charge in [-0.1, -0.05) is 34.1 Å². The number of nitro groups is 1. The number of rotatable bonds is 4. The molecule has 6 nitrogen and oxygen atoms in total. The van der Waals surface area contributed by atoms with Crippen LogP contribution in [0.5, 0.6) is 0 Å². The van der Waals surface area contributed by atoms with Crippen molar-refractivity contribution in [2.75, 3.05) is 0 Å². The van der Waals surface area contributed by atoms with Crippen molar-refractivity contribution in [1.82, 2.24) is 9.78 Å². The minimum atomic E-state index is -0.778. The van der Waals surface area contributed by atoms with E-state index in [2.05, 4.69) is 21.0 Å². The second-order valence-electron chi connectivity index (χ2n) is 3.71. The van der Waals surface area contributed by atoms with Gasteiger partial charge in [-0.25, -0.2) is 0 Å². The molecule has 94 valence electrons. The summed E-state index contributed by atoms with van der Waals surface area (Å²) in [6.45, 7) is 0.163. The fraction of sp³-hybridized carbons (Fsp3) is 0.182. The second kappa shape index (κ2) is 5.28. The van der Waals surface area contributed by atoms with E-state index in [1.165, 1.54) is 10.9 Å². The van der Waals surface area contributed by atoms with Crippen LogP contribution in [-0.4, -0.2) is 19.8 Å². The monoisotopic (exact) mass is 311 g/mol. The van der Waals surface area contributed by atoms with E-state index in [4.69, 9.17) is 0 Å². The summed E-state index contributed by atoms with van der Waals surface area (Å²) in [6, 6.07) is 7.27. The van der Waals surface area contributed by atoms with Crippen LogP contribution in [-0.2, 0) is 6.54 Å². The van der Waals surface area contributed by atoms with E-state index in [1.54, 1.807) is 6.07 Å². The lowest BCUT2D eigenvalue weighted by atomic mass is 10.1. The predicted molar refractivity (Wildman–Crippen MR) is 68.0 cm³/mol. The van der Waals surface area contributed by atoms with E-state index in [1.807, 2.05) is 18.2 Å². The smallest absolute Gasteiger partial charge is 0.306 e. The van der Waals surface area contributed by atoms with Crippen molar-refractivity contribution in [3.63, 3.8) is 0 Å². The Balaban J connectivity index is 2.13. The van der Waals surface area contributed by atoms with Gasteiger partial charge in [0.2, 0.25) is 0 Å². The van der Waals surface area contributed by atoms with Gasteiger partial charge in [0.05, 0.1) is 17.6 Å². The number of aliphatic hydroxyl groups is 1. The number of hydrogen-bond donors (Lipinski definition) is 1. The maximum atomic E-state index is 10.5. The molecule has 0 fully saturated rings. The quantitative estimate of drug-likeness (QED) is 0.694. The predicted octanol–water partition coefficient (Wildman–Crippen LogP) is 2.29. The molecule has 0 amide bonds. The van der Waals surface area contributed by atoms with Crippen LogP contribution >= 0.6 is 15.9 Å². The van der Waals surface area contributed by atoms with Gasteiger partial charge in [0.1, 0.15) is 12.4 Å². The number of aromatic nitrogens is 2. The first-order valence-electron chi connectivity index (χ1n) is 5.17. The standard InChI is InChI=1S/C11H10BrN3O3/c12-10-4-2-1-3-9(10)11(16)7-14-6-8(5-13-14)15(17)18/h1-6,11,16H,7H2. The van der Waals surface area contributed by atoms with Crippen molar-refractivity contribution < 1.29 is 10.0 Å². The van der Waals surface area contributed by atoms with Crippen LogP contribution in [0.3, 0.4) is 0 Å². The molecule has 1 aromatic heterocycles. The Bertz CT molecular complexity index is 570. The van der Waals surface area contributed by atoms with Gasteiger partial charge in [-0.2, -0.15) is 5.10 Å². The van der Waals surface area contributed by atoms with Crippen LogP contribution < -0.4 is 0 Å². The lowest BCUT2D eigenvalue weighted by Gasteiger charge is -2.12. The Labute approximate surface area is 111 Å². The Morgan fingerprint density at radius 1 is 1.50 bits per heavy atom. The molecule has 0 saturated heterocycles. The normalized spacial score (nSPS) is 12.3. The molecule has 0 aliphatic heterocycles. The van der Waals surface area contributed by atoms with Crippen LogP contribution in [0.2, 0.25) is 0 Å². The second-order valence-corrected chi connectivity index (χ2v) is 4.57. The molecule has 0 aliphatic carbocycles. The zero-order valence-electron chi connectivity index (χ0n) is 9.23. The molecule has 1 unspecified atom stereocenters. The molecule has 0 radical (unpaired) electrons. The zero-order valence-corrected chi connectivity index (χ0v) is 10.8.